The van der Waals surface area contributed by atoms with E-state index in [1.165, 1.54) is 12.8 Å². The first-order chi connectivity index (χ1) is 14.5. The summed E-state index contributed by atoms with van der Waals surface area (Å²) in [6, 6.07) is 7.43. The lowest BCUT2D eigenvalue weighted by Crippen LogP contribution is -2.54. The van der Waals surface area contributed by atoms with Crippen LogP contribution in [-0.4, -0.2) is 59.3 Å². The zero-order valence-electron chi connectivity index (χ0n) is 17.3. The highest BCUT2D eigenvalue weighted by molar-refractivity contribution is 6.35. The summed E-state index contributed by atoms with van der Waals surface area (Å²) in [6.45, 7) is 7.30. The van der Waals surface area contributed by atoms with Crippen molar-refractivity contribution < 1.29 is 5.11 Å². The third kappa shape index (κ3) is 4.99. The van der Waals surface area contributed by atoms with Gasteiger partial charge in [-0.15, -0.1) is 0 Å². The normalized spacial score (nSPS) is 21.3. The molecular weight excluding hydrogens is 421 g/mol. The van der Waals surface area contributed by atoms with E-state index in [2.05, 4.69) is 27.0 Å². The first-order valence-electron chi connectivity index (χ1n) is 10.7. The Morgan fingerprint density at radius 3 is 2.80 bits per heavy atom. The van der Waals surface area contributed by atoms with Crippen LogP contribution in [0.15, 0.2) is 30.5 Å². The molecule has 0 amide bonds. The van der Waals surface area contributed by atoms with Gasteiger partial charge in [-0.2, -0.15) is 4.98 Å². The third-order valence-corrected chi connectivity index (χ3v) is 6.82. The van der Waals surface area contributed by atoms with Crippen molar-refractivity contribution in [1.82, 2.24) is 14.9 Å². The summed E-state index contributed by atoms with van der Waals surface area (Å²) in [4.78, 5) is 13.8. The van der Waals surface area contributed by atoms with E-state index in [1.807, 2.05) is 18.2 Å². The monoisotopic (exact) mass is 449 g/mol. The van der Waals surface area contributed by atoms with Crippen molar-refractivity contribution in [1.29, 1.82) is 0 Å². The minimum atomic E-state index is 0.00130. The molecule has 0 unspecified atom stereocenters. The molecule has 3 heterocycles. The summed E-state index contributed by atoms with van der Waals surface area (Å²) in [5.74, 6) is 2.94. The highest BCUT2D eigenvalue weighted by Gasteiger charge is 2.36. The number of rotatable bonds is 7. The van der Waals surface area contributed by atoms with Gasteiger partial charge in [0, 0.05) is 42.4 Å². The van der Waals surface area contributed by atoms with Crippen molar-refractivity contribution >= 4 is 35.0 Å². The van der Waals surface area contributed by atoms with Crippen molar-refractivity contribution in [3.63, 3.8) is 0 Å². The van der Waals surface area contributed by atoms with Gasteiger partial charge in [-0.3, -0.25) is 0 Å². The van der Waals surface area contributed by atoms with Gasteiger partial charge >= 0.3 is 0 Å². The number of aliphatic hydroxyl groups is 1. The molecule has 2 aromatic rings. The van der Waals surface area contributed by atoms with Gasteiger partial charge in [0.2, 0.25) is 5.95 Å². The molecule has 2 aliphatic rings. The molecule has 2 aliphatic heterocycles. The van der Waals surface area contributed by atoms with Crippen molar-refractivity contribution in [2.24, 2.45) is 11.8 Å². The predicted molar refractivity (Wildman–Crippen MR) is 122 cm³/mol. The summed E-state index contributed by atoms with van der Waals surface area (Å²) in [5, 5.41) is 13.9. The predicted octanol–water partition coefficient (Wildman–Crippen LogP) is 4.10. The molecule has 2 saturated heterocycles. The van der Waals surface area contributed by atoms with Crippen LogP contribution in [-0.2, 0) is 0 Å². The number of hydrogen-bond acceptors (Lipinski definition) is 6. The van der Waals surface area contributed by atoms with Crippen LogP contribution in [0.25, 0.3) is 0 Å². The van der Waals surface area contributed by atoms with Crippen molar-refractivity contribution in [3.8, 4) is 0 Å². The zero-order valence-corrected chi connectivity index (χ0v) is 18.8. The maximum atomic E-state index is 9.21. The molecule has 0 aliphatic carbocycles. The Labute approximate surface area is 188 Å². The molecule has 0 bridgehead atoms. The molecular formula is C22H29Cl2N5O. The molecule has 162 valence electrons. The number of aliphatic hydroxyl groups excluding tert-OH is 1. The SMILES string of the molecule is C[C@@H](Nc1ccnc(N2CC([C@H]3CCCN(CCO)C3)C2)n1)c1ccc(Cl)cc1Cl. The first-order valence-corrected chi connectivity index (χ1v) is 11.4. The Morgan fingerprint density at radius 2 is 2.03 bits per heavy atom. The molecule has 1 aromatic heterocycles. The molecule has 2 atom stereocenters. The fourth-order valence-corrected chi connectivity index (χ4v) is 5.10. The van der Waals surface area contributed by atoms with Crippen molar-refractivity contribution in [2.45, 2.75) is 25.8 Å². The van der Waals surface area contributed by atoms with Gasteiger partial charge in [0.15, 0.2) is 0 Å². The molecule has 0 saturated carbocycles. The molecule has 8 heteroatoms. The van der Waals surface area contributed by atoms with Crippen LogP contribution >= 0.6 is 23.2 Å². The van der Waals surface area contributed by atoms with Crippen LogP contribution in [0.1, 0.15) is 31.4 Å². The smallest absolute Gasteiger partial charge is 0.227 e. The first kappa shape index (κ1) is 21.6. The molecule has 0 spiro atoms. The van der Waals surface area contributed by atoms with E-state index in [0.717, 1.165) is 50.1 Å². The van der Waals surface area contributed by atoms with E-state index in [1.54, 1.807) is 12.3 Å². The van der Waals surface area contributed by atoms with Crippen LogP contribution < -0.4 is 10.2 Å². The number of halogens is 2. The van der Waals surface area contributed by atoms with Crippen LogP contribution in [0.2, 0.25) is 10.0 Å². The molecule has 1 aromatic carbocycles. The summed E-state index contributed by atoms with van der Waals surface area (Å²) >= 11 is 12.3. The fourth-order valence-electron chi connectivity index (χ4n) is 4.53. The number of likely N-dealkylation sites (tertiary alicyclic amines) is 1. The highest BCUT2D eigenvalue weighted by Crippen LogP contribution is 2.33. The van der Waals surface area contributed by atoms with Crippen LogP contribution in [0.3, 0.4) is 0 Å². The second kappa shape index (κ2) is 9.69. The van der Waals surface area contributed by atoms with E-state index in [4.69, 9.17) is 28.2 Å². The average molecular weight is 450 g/mol. The molecule has 4 rings (SSSR count). The second-order valence-corrected chi connectivity index (χ2v) is 9.21. The number of benzene rings is 1. The Morgan fingerprint density at radius 1 is 1.20 bits per heavy atom. The van der Waals surface area contributed by atoms with Gasteiger partial charge in [0.25, 0.3) is 0 Å². The Kier molecular flexibility index (Phi) is 6.98. The number of β-amino-alcohol motifs (C(OH)–C–C–N with tert-alkyl or cyclic N) is 1. The van der Waals surface area contributed by atoms with Crippen LogP contribution in [0.5, 0.6) is 0 Å². The van der Waals surface area contributed by atoms with Gasteiger partial charge in [-0.05, 0) is 61.9 Å². The Hall–Kier alpha value is -1.60. The maximum Gasteiger partial charge on any atom is 0.227 e. The molecule has 30 heavy (non-hydrogen) atoms. The fraction of sp³-hybridized carbons (Fsp3) is 0.545. The molecule has 2 fully saturated rings. The largest absolute Gasteiger partial charge is 0.395 e. The standard InChI is InChI=1S/C22H29Cl2N5O/c1-15(19-5-4-18(23)11-20(19)24)26-21-6-7-25-22(27-21)29-13-17(14-29)16-3-2-8-28(12-16)9-10-30/h4-7,11,15-17,30H,2-3,8-10,12-14H2,1H3,(H,25,26,27)/t15-,16+/m1/s1. The number of hydrogen-bond donors (Lipinski definition) is 2. The topological polar surface area (TPSA) is 64.5 Å². The highest BCUT2D eigenvalue weighted by atomic mass is 35.5. The minimum absolute atomic E-state index is 0.00130. The summed E-state index contributed by atoms with van der Waals surface area (Å²) in [6.07, 6.45) is 4.31. The van der Waals surface area contributed by atoms with Gasteiger partial charge in [0.1, 0.15) is 5.82 Å². The molecule has 2 N–H and O–H groups in total. The number of nitrogens with zero attached hydrogens (tertiary/aromatic N) is 4. The van der Waals surface area contributed by atoms with Crippen molar-refractivity contribution in [2.75, 3.05) is 49.5 Å². The van der Waals surface area contributed by atoms with Crippen molar-refractivity contribution in [3.05, 3.63) is 46.1 Å². The van der Waals surface area contributed by atoms with Gasteiger partial charge in [-0.25, -0.2) is 4.98 Å². The van der Waals surface area contributed by atoms with Gasteiger partial charge < -0.3 is 20.2 Å². The number of nitrogens with one attached hydrogen (secondary N) is 1. The van der Waals surface area contributed by atoms with E-state index in [9.17, 15) is 5.11 Å². The Bertz CT molecular complexity index is 859. The third-order valence-electron chi connectivity index (χ3n) is 6.25. The van der Waals surface area contributed by atoms with Crippen LogP contribution in [0.4, 0.5) is 11.8 Å². The van der Waals surface area contributed by atoms with E-state index in [-0.39, 0.29) is 12.6 Å². The minimum Gasteiger partial charge on any atom is -0.395 e. The van der Waals surface area contributed by atoms with E-state index >= 15 is 0 Å². The second-order valence-electron chi connectivity index (χ2n) is 8.37. The maximum absolute atomic E-state index is 9.21. The molecule has 0 radical (unpaired) electrons. The number of aromatic nitrogens is 2. The van der Waals surface area contributed by atoms with Crippen LogP contribution in [0, 0.1) is 11.8 Å². The lowest BCUT2D eigenvalue weighted by molar-refractivity contribution is 0.101. The van der Waals surface area contributed by atoms with E-state index in [0.29, 0.717) is 21.9 Å². The average Bonchev–Trinajstić information content (AvgIpc) is 2.68. The number of anilines is 2. The summed E-state index contributed by atoms with van der Waals surface area (Å²) in [5.41, 5.74) is 0.981. The Balaban J connectivity index is 1.34. The lowest BCUT2D eigenvalue weighted by Gasteiger charge is -2.46. The summed E-state index contributed by atoms with van der Waals surface area (Å²) < 4.78 is 0. The zero-order chi connectivity index (χ0) is 21.1. The van der Waals surface area contributed by atoms with E-state index < -0.39 is 0 Å². The number of piperidine rings is 1. The van der Waals surface area contributed by atoms with Gasteiger partial charge in [-0.1, -0.05) is 29.3 Å². The summed E-state index contributed by atoms with van der Waals surface area (Å²) in [7, 11) is 0. The lowest BCUT2D eigenvalue weighted by atomic mass is 9.81. The quantitative estimate of drug-likeness (QED) is 0.663. The van der Waals surface area contributed by atoms with Gasteiger partial charge in [0.05, 0.1) is 12.6 Å². The molecule has 6 nitrogen and oxygen atoms in total.